The lowest BCUT2D eigenvalue weighted by Gasteiger charge is -2.25. The summed E-state index contributed by atoms with van der Waals surface area (Å²) >= 11 is 3.33. The molecule has 0 spiro atoms. The van der Waals surface area contributed by atoms with Crippen molar-refractivity contribution in [2.75, 3.05) is 17.2 Å². The SMILES string of the molecule is CCc1ccc(CNC(=O)CN2C(=O)CSc3sc(CC(C)C)cc32)cc1. The number of benzene rings is 1. The van der Waals surface area contributed by atoms with Gasteiger partial charge in [0.1, 0.15) is 6.54 Å². The molecule has 2 aromatic rings. The first-order chi connectivity index (χ1) is 13.0. The molecule has 1 N–H and O–H groups in total. The van der Waals surface area contributed by atoms with Crippen molar-refractivity contribution < 1.29 is 9.59 Å². The van der Waals surface area contributed by atoms with Gasteiger partial charge in [-0.2, -0.15) is 0 Å². The highest BCUT2D eigenvalue weighted by Crippen LogP contribution is 2.42. The molecule has 1 aliphatic rings. The summed E-state index contributed by atoms with van der Waals surface area (Å²) in [5.41, 5.74) is 3.25. The van der Waals surface area contributed by atoms with Gasteiger partial charge in [0, 0.05) is 11.4 Å². The monoisotopic (exact) mass is 402 g/mol. The van der Waals surface area contributed by atoms with Gasteiger partial charge in [0.05, 0.1) is 15.6 Å². The largest absolute Gasteiger partial charge is 0.350 e. The third kappa shape index (κ3) is 5.14. The average molecular weight is 403 g/mol. The molecule has 0 saturated carbocycles. The fraction of sp³-hybridized carbons (Fsp3) is 0.429. The summed E-state index contributed by atoms with van der Waals surface area (Å²) in [6, 6.07) is 10.3. The molecule has 0 unspecified atom stereocenters. The van der Waals surface area contributed by atoms with Gasteiger partial charge in [-0.05, 0) is 36.0 Å². The van der Waals surface area contributed by atoms with E-state index in [1.54, 1.807) is 28.0 Å². The molecule has 0 radical (unpaired) electrons. The zero-order valence-corrected chi connectivity index (χ0v) is 17.7. The Bertz CT molecular complexity index is 812. The van der Waals surface area contributed by atoms with Crippen LogP contribution in [0.25, 0.3) is 0 Å². The zero-order chi connectivity index (χ0) is 19.4. The number of carbonyl (C=O) groups excluding carboxylic acids is 2. The van der Waals surface area contributed by atoms with E-state index >= 15 is 0 Å². The van der Waals surface area contributed by atoms with E-state index in [4.69, 9.17) is 0 Å². The number of aryl methyl sites for hydroxylation is 1. The van der Waals surface area contributed by atoms with Gasteiger partial charge < -0.3 is 10.2 Å². The number of nitrogens with one attached hydrogen (secondary N) is 1. The summed E-state index contributed by atoms with van der Waals surface area (Å²) in [6.07, 6.45) is 2.00. The Morgan fingerprint density at radius 3 is 2.59 bits per heavy atom. The zero-order valence-electron chi connectivity index (χ0n) is 16.1. The van der Waals surface area contributed by atoms with E-state index in [0.29, 0.717) is 18.2 Å². The van der Waals surface area contributed by atoms with Crippen molar-refractivity contribution in [1.82, 2.24) is 5.32 Å². The Kier molecular flexibility index (Phi) is 6.60. The molecule has 1 aromatic heterocycles. The maximum absolute atomic E-state index is 12.4. The van der Waals surface area contributed by atoms with Crippen LogP contribution in [0.1, 0.15) is 36.8 Å². The Morgan fingerprint density at radius 1 is 1.22 bits per heavy atom. The number of anilines is 1. The molecule has 1 aliphatic heterocycles. The first-order valence-corrected chi connectivity index (χ1v) is 11.2. The van der Waals surface area contributed by atoms with E-state index in [1.807, 2.05) is 12.1 Å². The van der Waals surface area contributed by atoms with Gasteiger partial charge in [-0.1, -0.05) is 45.0 Å². The van der Waals surface area contributed by atoms with Crippen LogP contribution in [0.4, 0.5) is 5.69 Å². The second kappa shape index (κ2) is 8.93. The molecular weight excluding hydrogens is 376 g/mol. The van der Waals surface area contributed by atoms with Gasteiger partial charge in [0.15, 0.2) is 0 Å². The molecule has 2 heterocycles. The van der Waals surface area contributed by atoms with Gasteiger partial charge in [0.2, 0.25) is 11.8 Å². The van der Waals surface area contributed by atoms with Crippen LogP contribution in [-0.4, -0.2) is 24.1 Å². The van der Waals surface area contributed by atoms with Gasteiger partial charge in [-0.15, -0.1) is 23.1 Å². The number of hydrogen-bond acceptors (Lipinski definition) is 4. The maximum atomic E-state index is 12.4. The van der Waals surface area contributed by atoms with Crippen molar-refractivity contribution in [2.45, 2.75) is 44.4 Å². The summed E-state index contributed by atoms with van der Waals surface area (Å²) in [5.74, 6) is 0.850. The fourth-order valence-corrected chi connectivity index (χ4v) is 5.57. The van der Waals surface area contributed by atoms with Crippen LogP contribution in [-0.2, 0) is 29.0 Å². The van der Waals surface area contributed by atoms with Gasteiger partial charge in [-0.3, -0.25) is 9.59 Å². The third-order valence-corrected chi connectivity index (χ3v) is 6.89. The van der Waals surface area contributed by atoms with Crippen LogP contribution < -0.4 is 10.2 Å². The van der Waals surface area contributed by atoms with E-state index < -0.39 is 0 Å². The highest BCUT2D eigenvalue weighted by atomic mass is 32.2. The number of rotatable bonds is 7. The molecular formula is C21H26N2O2S2. The number of hydrogen-bond donors (Lipinski definition) is 1. The normalized spacial score (nSPS) is 13.8. The summed E-state index contributed by atoms with van der Waals surface area (Å²) in [7, 11) is 0. The van der Waals surface area contributed by atoms with E-state index in [-0.39, 0.29) is 18.4 Å². The molecule has 0 fully saturated rings. The highest BCUT2D eigenvalue weighted by molar-refractivity contribution is 8.02. The van der Waals surface area contributed by atoms with Crippen molar-refractivity contribution in [3.05, 3.63) is 46.3 Å². The number of fused-ring (bicyclic) bond motifs is 1. The molecule has 27 heavy (non-hydrogen) atoms. The van der Waals surface area contributed by atoms with Crippen molar-refractivity contribution in [1.29, 1.82) is 0 Å². The predicted molar refractivity (Wildman–Crippen MR) is 114 cm³/mol. The minimum absolute atomic E-state index is 0.00356. The predicted octanol–water partition coefficient (Wildman–Crippen LogP) is 4.26. The smallest absolute Gasteiger partial charge is 0.240 e. The molecule has 6 heteroatoms. The topological polar surface area (TPSA) is 49.4 Å². The van der Waals surface area contributed by atoms with Crippen molar-refractivity contribution >= 4 is 40.6 Å². The standard InChI is InChI=1S/C21H26N2O2S2/c1-4-15-5-7-16(8-6-15)11-22-19(24)12-23-18-10-17(9-14(2)3)27-21(18)26-13-20(23)25/h5-8,10,14H,4,9,11-13H2,1-3H3,(H,22,24). The van der Waals surface area contributed by atoms with Crippen LogP contribution >= 0.6 is 23.1 Å². The summed E-state index contributed by atoms with van der Waals surface area (Å²) in [6.45, 7) is 7.06. The lowest BCUT2D eigenvalue weighted by molar-refractivity contribution is -0.123. The van der Waals surface area contributed by atoms with Crippen molar-refractivity contribution in [2.24, 2.45) is 5.92 Å². The van der Waals surface area contributed by atoms with Crippen LogP contribution in [0, 0.1) is 5.92 Å². The number of carbonyl (C=O) groups is 2. The Hall–Kier alpha value is -1.79. The third-order valence-electron chi connectivity index (χ3n) is 4.48. The van der Waals surface area contributed by atoms with Crippen molar-refractivity contribution in [3.8, 4) is 0 Å². The second-order valence-corrected chi connectivity index (χ2v) is 9.58. The highest BCUT2D eigenvalue weighted by Gasteiger charge is 2.28. The average Bonchev–Trinajstić information content (AvgIpc) is 3.05. The molecule has 0 saturated heterocycles. The second-order valence-electron chi connectivity index (χ2n) is 7.20. The number of thiophene rings is 1. The minimum atomic E-state index is -0.127. The lowest BCUT2D eigenvalue weighted by Crippen LogP contribution is -2.42. The first-order valence-electron chi connectivity index (χ1n) is 9.36. The molecule has 4 nitrogen and oxygen atoms in total. The number of nitrogens with zero attached hydrogens (tertiary/aromatic N) is 1. The molecule has 0 aliphatic carbocycles. The Balaban J connectivity index is 1.63. The van der Waals surface area contributed by atoms with Gasteiger partial charge in [-0.25, -0.2) is 0 Å². The first kappa shape index (κ1) is 20.0. The number of thioether (sulfide) groups is 1. The van der Waals surface area contributed by atoms with Crippen LogP contribution in [0.3, 0.4) is 0 Å². The van der Waals surface area contributed by atoms with Gasteiger partial charge >= 0.3 is 0 Å². The minimum Gasteiger partial charge on any atom is -0.350 e. The van der Waals surface area contributed by atoms with E-state index in [1.165, 1.54) is 10.4 Å². The van der Waals surface area contributed by atoms with Crippen LogP contribution in [0.5, 0.6) is 0 Å². The summed E-state index contributed by atoms with van der Waals surface area (Å²) < 4.78 is 1.15. The molecule has 1 aromatic carbocycles. The fourth-order valence-electron chi connectivity index (χ4n) is 3.01. The Labute approximate surface area is 169 Å². The maximum Gasteiger partial charge on any atom is 0.240 e. The number of amides is 2. The summed E-state index contributed by atoms with van der Waals surface area (Å²) in [5, 5.41) is 2.94. The molecule has 0 atom stereocenters. The van der Waals surface area contributed by atoms with E-state index in [9.17, 15) is 9.59 Å². The Morgan fingerprint density at radius 2 is 1.93 bits per heavy atom. The van der Waals surface area contributed by atoms with Gasteiger partial charge in [0.25, 0.3) is 0 Å². The van der Waals surface area contributed by atoms with E-state index in [2.05, 4.69) is 44.3 Å². The summed E-state index contributed by atoms with van der Waals surface area (Å²) in [4.78, 5) is 27.8. The lowest BCUT2D eigenvalue weighted by atomic mass is 10.1. The molecule has 3 rings (SSSR count). The molecule has 144 valence electrons. The quantitative estimate of drug-likeness (QED) is 0.753. The van der Waals surface area contributed by atoms with Crippen LogP contribution in [0.2, 0.25) is 0 Å². The van der Waals surface area contributed by atoms with Crippen molar-refractivity contribution in [3.63, 3.8) is 0 Å². The molecule has 2 amide bonds. The van der Waals surface area contributed by atoms with E-state index in [0.717, 1.165) is 28.3 Å². The molecule has 0 bridgehead atoms. The van der Waals surface area contributed by atoms with Crippen LogP contribution in [0.15, 0.2) is 34.5 Å².